The molecule has 1 aliphatic carbocycles. The number of aliphatic hydroxyl groups is 1. The third-order valence-electron chi connectivity index (χ3n) is 3.00. The van der Waals surface area contributed by atoms with Crippen LogP contribution >= 0.6 is 0 Å². The molecule has 0 bridgehead atoms. The molecule has 0 aromatic heterocycles. The van der Waals surface area contributed by atoms with Crippen LogP contribution in [0.2, 0.25) is 0 Å². The summed E-state index contributed by atoms with van der Waals surface area (Å²) in [5.41, 5.74) is 2.90. The Kier molecular flexibility index (Phi) is 3.54. The quantitative estimate of drug-likeness (QED) is 0.714. The van der Waals surface area contributed by atoms with Crippen molar-refractivity contribution in [1.29, 1.82) is 0 Å². The summed E-state index contributed by atoms with van der Waals surface area (Å²) in [5, 5.41) is 9.70. The number of hydrogen-bond donors (Lipinski definition) is 1. The van der Waals surface area contributed by atoms with E-state index in [2.05, 4.69) is 39.8 Å². The third kappa shape index (κ3) is 2.48. The Bertz CT molecular complexity index is 258. The fraction of sp³-hybridized carbons (Fsp3) is 0.692. The lowest BCUT2D eigenvalue weighted by Gasteiger charge is -2.35. The van der Waals surface area contributed by atoms with Crippen molar-refractivity contribution in [3.05, 3.63) is 23.3 Å². The fourth-order valence-electron chi connectivity index (χ4n) is 2.42. The highest BCUT2D eigenvalue weighted by Crippen LogP contribution is 2.40. The SMILES string of the molecule is CC/C=C/C1=C(C)C[C@@H](O)CC1(C)C. The van der Waals surface area contributed by atoms with Crippen molar-refractivity contribution in [1.82, 2.24) is 0 Å². The predicted octanol–water partition coefficient (Wildman–Crippen LogP) is 3.45. The minimum Gasteiger partial charge on any atom is -0.393 e. The van der Waals surface area contributed by atoms with Crippen molar-refractivity contribution < 1.29 is 5.11 Å². The molecule has 1 heteroatoms. The maximum absolute atomic E-state index is 9.70. The largest absolute Gasteiger partial charge is 0.393 e. The molecule has 0 saturated carbocycles. The van der Waals surface area contributed by atoms with Crippen molar-refractivity contribution >= 4 is 0 Å². The summed E-state index contributed by atoms with van der Waals surface area (Å²) in [6, 6.07) is 0. The Morgan fingerprint density at radius 1 is 1.50 bits per heavy atom. The van der Waals surface area contributed by atoms with Crippen molar-refractivity contribution in [2.45, 2.75) is 53.1 Å². The second-order valence-electron chi connectivity index (χ2n) is 4.95. The van der Waals surface area contributed by atoms with Gasteiger partial charge in [0.05, 0.1) is 6.10 Å². The van der Waals surface area contributed by atoms with Gasteiger partial charge in [-0.1, -0.05) is 38.5 Å². The average molecular weight is 194 g/mol. The Labute approximate surface area is 87.5 Å². The molecule has 1 rings (SSSR count). The lowest BCUT2D eigenvalue weighted by molar-refractivity contribution is 0.116. The summed E-state index contributed by atoms with van der Waals surface area (Å²) in [4.78, 5) is 0. The summed E-state index contributed by atoms with van der Waals surface area (Å²) >= 11 is 0. The van der Waals surface area contributed by atoms with Gasteiger partial charge in [0.1, 0.15) is 0 Å². The highest BCUT2D eigenvalue weighted by Gasteiger charge is 2.31. The molecule has 1 nitrogen and oxygen atoms in total. The maximum Gasteiger partial charge on any atom is 0.0585 e. The van der Waals surface area contributed by atoms with Gasteiger partial charge in [-0.2, -0.15) is 0 Å². The predicted molar refractivity (Wildman–Crippen MR) is 61.2 cm³/mol. The van der Waals surface area contributed by atoms with E-state index in [0.29, 0.717) is 0 Å². The van der Waals surface area contributed by atoms with Crippen LogP contribution in [0, 0.1) is 5.41 Å². The van der Waals surface area contributed by atoms with Gasteiger partial charge in [0.2, 0.25) is 0 Å². The fourth-order valence-corrected chi connectivity index (χ4v) is 2.42. The van der Waals surface area contributed by atoms with Crippen LogP contribution in [0.3, 0.4) is 0 Å². The van der Waals surface area contributed by atoms with E-state index in [-0.39, 0.29) is 11.5 Å². The van der Waals surface area contributed by atoms with E-state index in [1.807, 2.05) is 0 Å². The monoisotopic (exact) mass is 194 g/mol. The molecule has 1 N–H and O–H groups in total. The van der Waals surface area contributed by atoms with Gasteiger partial charge in [0, 0.05) is 0 Å². The first-order valence-electron chi connectivity index (χ1n) is 5.52. The van der Waals surface area contributed by atoms with Crippen LogP contribution < -0.4 is 0 Å². The van der Waals surface area contributed by atoms with Crippen LogP contribution in [-0.2, 0) is 0 Å². The lowest BCUT2D eigenvalue weighted by Crippen LogP contribution is -2.28. The normalized spacial score (nSPS) is 27.4. The molecule has 0 heterocycles. The Morgan fingerprint density at radius 2 is 2.14 bits per heavy atom. The minimum absolute atomic E-state index is 0.132. The molecule has 0 saturated heterocycles. The van der Waals surface area contributed by atoms with Crippen molar-refractivity contribution in [2.24, 2.45) is 5.41 Å². The van der Waals surface area contributed by atoms with Crippen molar-refractivity contribution in [3.8, 4) is 0 Å². The zero-order valence-corrected chi connectivity index (χ0v) is 9.80. The molecule has 0 fully saturated rings. The van der Waals surface area contributed by atoms with Crippen LogP contribution in [0.15, 0.2) is 23.3 Å². The van der Waals surface area contributed by atoms with Gasteiger partial charge < -0.3 is 5.11 Å². The lowest BCUT2D eigenvalue weighted by atomic mass is 9.71. The molecule has 0 aromatic rings. The highest BCUT2D eigenvalue weighted by atomic mass is 16.3. The zero-order valence-electron chi connectivity index (χ0n) is 9.80. The van der Waals surface area contributed by atoms with E-state index in [1.165, 1.54) is 11.1 Å². The zero-order chi connectivity index (χ0) is 10.8. The molecular weight excluding hydrogens is 172 g/mol. The minimum atomic E-state index is -0.149. The van der Waals surface area contributed by atoms with Crippen LogP contribution in [0.5, 0.6) is 0 Å². The van der Waals surface area contributed by atoms with Crippen LogP contribution in [0.4, 0.5) is 0 Å². The standard InChI is InChI=1S/C13H22O/c1-5-6-7-12-10(2)8-11(14)9-13(12,3)4/h6-7,11,14H,5,8-9H2,1-4H3/b7-6+/t11-/m1/s1. The van der Waals surface area contributed by atoms with Crippen molar-refractivity contribution in [3.63, 3.8) is 0 Å². The number of aliphatic hydroxyl groups excluding tert-OH is 1. The second kappa shape index (κ2) is 4.31. The number of hydrogen-bond acceptors (Lipinski definition) is 1. The Hall–Kier alpha value is -0.560. The molecule has 0 spiro atoms. The van der Waals surface area contributed by atoms with E-state index >= 15 is 0 Å². The van der Waals surface area contributed by atoms with Gasteiger partial charge in [-0.25, -0.2) is 0 Å². The second-order valence-corrected chi connectivity index (χ2v) is 4.95. The Balaban J connectivity index is 2.96. The first-order valence-corrected chi connectivity index (χ1v) is 5.52. The van der Waals surface area contributed by atoms with Crippen LogP contribution in [0.25, 0.3) is 0 Å². The number of rotatable bonds is 2. The summed E-state index contributed by atoms with van der Waals surface area (Å²) in [6.45, 7) is 8.72. The molecule has 1 aliphatic rings. The topological polar surface area (TPSA) is 20.2 Å². The molecular formula is C13H22O. The molecule has 0 unspecified atom stereocenters. The molecule has 0 radical (unpaired) electrons. The summed E-state index contributed by atoms with van der Waals surface area (Å²) < 4.78 is 0. The van der Waals surface area contributed by atoms with Gasteiger partial charge in [-0.15, -0.1) is 0 Å². The summed E-state index contributed by atoms with van der Waals surface area (Å²) in [5.74, 6) is 0. The van der Waals surface area contributed by atoms with Gasteiger partial charge in [0.25, 0.3) is 0 Å². The Morgan fingerprint density at radius 3 is 2.64 bits per heavy atom. The summed E-state index contributed by atoms with van der Waals surface area (Å²) in [7, 11) is 0. The maximum atomic E-state index is 9.70. The number of allylic oxidation sites excluding steroid dienone is 3. The van der Waals surface area contributed by atoms with Crippen molar-refractivity contribution in [2.75, 3.05) is 0 Å². The first-order chi connectivity index (χ1) is 6.47. The summed E-state index contributed by atoms with van der Waals surface area (Å²) in [6.07, 6.45) is 7.10. The van der Waals surface area contributed by atoms with Gasteiger partial charge >= 0.3 is 0 Å². The van der Waals surface area contributed by atoms with Gasteiger partial charge in [0.15, 0.2) is 0 Å². The average Bonchev–Trinajstić information content (AvgIpc) is 2.00. The van der Waals surface area contributed by atoms with E-state index in [1.54, 1.807) is 0 Å². The van der Waals surface area contributed by atoms with Gasteiger partial charge in [-0.3, -0.25) is 0 Å². The van der Waals surface area contributed by atoms with Gasteiger partial charge in [-0.05, 0) is 37.2 Å². The molecule has 1 atom stereocenters. The van der Waals surface area contributed by atoms with Crippen LogP contribution in [-0.4, -0.2) is 11.2 Å². The van der Waals surface area contributed by atoms with E-state index in [4.69, 9.17) is 0 Å². The van der Waals surface area contributed by atoms with Crippen LogP contribution in [0.1, 0.15) is 47.0 Å². The molecule has 0 aromatic carbocycles. The first kappa shape index (κ1) is 11.5. The van der Waals surface area contributed by atoms with E-state index in [0.717, 1.165) is 19.3 Å². The van der Waals surface area contributed by atoms with E-state index in [9.17, 15) is 5.11 Å². The highest BCUT2D eigenvalue weighted by molar-refractivity contribution is 5.33. The third-order valence-corrected chi connectivity index (χ3v) is 3.00. The molecule has 14 heavy (non-hydrogen) atoms. The molecule has 0 aliphatic heterocycles. The molecule has 80 valence electrons. The smallest absolute Gasteiger partial charge is 0.0585 e. The molecule has 0 amide bonds. The van der Waals surface area contributed by atoms with E-state index < -0.39 is 0 Å².